The van der Waals surface area contributed by atoms with Crippen molar-refractivity contribution in [2.75, 3.05) is 27.2 Å². The number of nitrogens with one attached hydrogen (secondary N) is 2. The molecule has 2 heterocycles. The summed E-state index contributed by atoms with van der Waals surface area (Å²) in [6, 6.07) is 16.2. The zero-order chi connectivity index (χ0) is 21.6. The smallest absolute Gasteiger partial charge is 0.188 e. The van der Waals surface area contributed by atoms with Crippen LogP contribution < -0.4 is 5.32 Å². The number of aromatic nitrogens is 4. The molecular weight excluding hydrogens is 388 g/mol. The van der Waals surface area contributed by atoms with Gasteiger partial charge in [0.15, 0.2) is 5.78 Å². The molecule has 0 amide bonds. The van der Waals surface area contributed by atoms with Crippen LogP contribution in [0, 0.1) is 0 Å². The van der Waals surface area contributed by atoms with Crippen molar-refractivity contribution < 1.29 is 4.79 Å². The summed E-state index contributed by atoms with van der Waals surface area (Å²) < 4.78 is 1.87. The number of fused-ring (bicyclic) bond motifs is 1. The first-order valence-corrected chi connectivity index (χ1v) is 10.5. The summed E-state index contributed by atoms with van der Waals surface area (Å²) in [4.78, 5) is 14.9. The summed E-state index contributed by atoms with van der Waals surface area (Å²) in [5.41, 5.74) is 4.69. The maximum Gasteiger partial charge on any atom is 0.188 e. The number of carbonyl (C=O) groups is 1. The van der Waals surface area contributed by atoms with Crippen LogP contribution in [0.4, 0.5) is 0 Å². The van der Waals surface area contributed by atoms with E-state index in [1.54, 1.807) is 6.20 Å². The monoisotopic (exact) mass is 416 g/mol. The molecule has 0 saturated carbocycles. The lowest BCUT2D eigenvalue weighted by Crippen LogP contribution is -2.26. The fourth-order valence-corrected chi connectivity index (χ4v) is 3.51. The molecule has 2 aromatic heterocycles. The van der Waals surface area contributed by atoms with Gasteiger partial charge in [-0.2, -0.15) is 10.2 Å². The van der Waals surface area contributed by atoms with E-state index in [2.05, 4.69) is 63.9 Å². The number of hydrogen-bond donors (Lipinski definition) is 2. The van der Waals surface area contributed by atoms with Crippen LogP contribution in [-0.2, 0) is 19.5 Å². The van der Waals surface area contributed by atoms with E-state index in [-0.39, 0.29) is 12.2 Å². The predicted octanol–water partition coefficient (Wildman–Crippen LogP) is 2.88. The summed E-state index contributed by atoms with van der Waals surface area (Å²) in [5.74, 6) is -0.0110. The van der Waals surface area contributed by atoms with Gasteiger partial charge in [-0.05, 0) is 36.9 Å². The largest absolute Gasteiger partial charge is 0.311 e. The van der Waals surface area contributed by atoms with Crippen LogP contribution in [0.1, 0.15) is 27.2 Å². The van der Waals surface area contributed by atoms with Crippen LogP contribution in [0.25, 0.3) is 10.9 Å². The molecule has 0 aliphatic heterocycles. The molecule has 0 atom stereocenters. The molecule has 7 nitrogen and oxygen atoms in total. The minimum absolute atomic E-state index is 0.0110. The highest BCUT2D eigenvalue weighted by Gasteiger charge is 2.15. The molecule has 4 aromatic rings. The van der Waals surface area contributed by atoms with E-state index in [0.717, 1.165) is 36.1 Å². The molecule has 0 fully saturated rings. The van der Waals surface area contributed by atoms with Crippen molar-refractivity contribution in [3.05, 3.63) is 83.3 Å². The molecule has 4 rings (SSSR count). The highest BCUT2D eigenvalue weighted by atomic mass is 16.1. The van der Waals surface area contributed by atoms with Crippen molar-refractivity contribution in [3.63, 3.8) is 0 Å². The number of Topliss-reactive ketones (excluding diaryl/α,β-unsaturated/α-hetero) is 1. The van der Waals surface area contributed by atoms with Crippen LogP contribution in [0.3, 0.4) is 0 Å². The molecule has 7 heteroatoms. The Morgan fingerprint density at radius 2 is 1.84 bits per heavy atom. The van der Waals surface area contributed by atoms with Crippen LogP contribution in [0.15, 0.2) is 60.9 Å². The number of hydrogen-bond acceptors (Lipinski definition) is 5. The molecule has 0 unspecified atom stereocenters. The topological polar surface area (TPSA) is 78.8 Å². The van der Waals surface area contributed by atoms with E-state index in [0.29, 0.717) is 12.2 Å². The van der Waals surface area contributed by atoms with Gasteiger partial charge in [0.05, 0.1) is 18.3 Å². The molecule has 0 radical (unpaired) electrons. The number of para-hydroxylation sites is 1. The van der Waals surface area contributed by atoms with E-state index >= 15 is 0 Å². The van der Waals surface area contributed by atoms with Crippen molar-refractivity contribution in [2.24, 2.45) is 0 Å². The van der Waals surface area contributed by atoms with Crippen molar-refractivity contribution >= 4 is 16.7 Å². The van der Waals surface area contributed by atoms with Gasteiger partial charge in [0.2, 0.25) is 0 Å². The van der Waals surface area contributed by atoms with Gasteiger partial charge in [0.25, 0.3) is 0 Å². The van der Waals surface area contributed by atoms with E-state index in [1.807, 2.05) is 35.1 Å². The van der Waals surface area contributed by atoms with Crippen LogP contribution in [0.2, 0.25) is 0 Å². The molecule has 0 aliphatic rings. The Bertz CT molecular complexity index is 1140. The van der Waals surface area contributed by atoms with Gasteiger partial charge >= 0.3 is 0 Å². The Morgan fingerprint density at radius 1 is 1.06 bits per heavy atom. The molecule has 0 aliphatic carbocycles. The van der Waals surface area contributed by atoms with Crippen molar-refractivity contribution in [3.8, 4) is 0 Å². The summed E-state index contributed by atoms with van der Waals surface area (Å²) in [6.45, 7) is 3.54. The van der Waals surface area contributed by atoms with E-state index in [4.69, 9.17) is 0 Å². The maximum absolute atomic E-state index is 12.7. The van der Waals surface area contributed by atoms with Crippen molar-refractivity contribution in [2.45, 2.75) is 19.5 Å². The highest BCUT2D eigenvalue weighted by molar-refractivity contribution is 6.06. The van der Waals surface area contributed by atoms with Crippen molar-refractivity contribution in [1.82, 2.24) is 30.2 Å². The quantitative estimate of drug-likeness (QED) is 0.307. The number of rotatable bonds is 10. The van der Waals surface area contributed by atoms with Crippen LogP contribution >= 0.6 is 0 Å². The third kappa shape index (κ3) is 5.45. The van der Waals surface area contributed by atoms with Gasteiger partial charge in [-0.1, -0.05) is 42.5 Å². The predicted molar refractivity (Wildman–Crippen MR) is 122 cm³/mol. The second-order valence-corrected chi connectivity index (χ2v) is 8.06. The van der Waals surface area contributed by atoms with Gasteiger partial charge in [-0.25, -0.2) is 0 Å². The minimum atomic E-state index is -0.0110. The summed E-state index contributed by atoms with van der Waals surface area (Å²) in [6.07, 6.45) is 3.98. The van der Waals surface area contributed by atoms with Gasteiger partial charge in [-0.15, -0.1) is 0 Å². The second-order valence-electron chi connectivity index (χ2n) is 8.06. The van der Waals surface area contributed by atoms with Crippen molar-refractivity contribution in [1.29, 1.82) is 0 Å². The van der Waals surface area contributed by atoms with Gasteiger partial charge in [-0.3, -0.25) is 14.6 Å². The standard InChI is InChI=1S/C24H28N6O/c1-29(2)12-11-25-14-18-7-9-19(10-8-18)16-30-17-20(15-26-30)13-23(31)24-21-5-3-4-6-22(21)27-28-24/h3-10,15,17,25H,11-14,16H2,1-2H3,(H,27,28). The first-order valence-electron chi connectivity index (χ1n) is 10.5. The maximum atomic E-state index is 12.7. The Balaban J connectivity index is 1.32. The lowest BCUT2D eigenvalue weighted by molar-refractivity contribution is 0.0989. The summed E-state index contributed by atoms with van der Waals surface area (Å²) in [7, 11) is 4.15. The molecule has 31 heavy (non-hydrogen) atoms. The van der Waals surface area contributed by atoms with Crippen LogP contribution in [0.5, 0.6) is 0 Å². The molecular formula is C24H28N6O. The average Bonchev–Trinajstić information content (AvgIpc) is 3.39. The lowest BCUT2D eigenvalue weighted by atomic mass is 10.1. The second kappa shape index (κ2) is 9.68. The fraction of sp³-hybridized carbons (Fsp3) is 0.292. The lowest BCUT2D eigenvalue weighted by Gasteiger charge is -2.10. The molecule has 2 aromatic carbocycles. The van der Waals surface area contributed by atoms with E-state index in [1.165, 1.54) is 11.1 Å². The summed E-state index contributed by atoms with van der Waals surface area (Å²) >= 11 is 0. The van der Waals surface area contributed by atoms with Gasteiger partial charge in [0, 0.05) is 37.6 Å². The number of aromatic amines is 1. The zero-order valence-corrected chi connectivity index (χ0v) is 18.0. The molecule has 0 spiro atoms. The SMILES string of the molecule is CN(C)CCNCc1ccc(Cn2cc(CC(=O)c3n[nH]c4ccccc34)cn2)cc1. The number of ketones is 1. The van der Waals surface area contributed by atoms with Crippen LogP contribution in [-0.4, -0.2) is 57.8 Å². The minimum Gasteiger partial charge on any atom is -0.311 e. The number of carbonyl (C=O) groups excluding carboxylic acids is 1. The number of benzene rings is 2. The molecule has 160 valence electrons. The molecule has 0 bridgehead atoms. The van der Waals surface area contributed by atoms with Gasteiger partial charge in [0.1, 0.15) is 5.69 Å². The summed E-state index contributed by atoms with van der Waals surface area (Å²) in [5, 5.41) is 15.9. The highest BCUT2D eigenvalue weighted by Crippen LogP contribution is 2.17. The average molecular weight is 417 g/mol. The Kier molecular flexibility index (Phi) is 6.54. The van der Waals surface area contributed by atoms with Gasteiger partial charge < -0.3 is 10.2 Å². The van der Waals surface area contributed by atoms with E-state index < -0.39 is 0 Å². The number of likely N-dealkylation sites (N-methyl/N-ethyl adjacent to an activating group) is 1. The third-order valence-corrected chi connectivity index (χ3v) is 5.22. The van der Waals surface area contributed by atoms with E-state index in [9.17, 15) is 4.79 Å². The Hall–Kier alpha value is -3.29. The number of nitrogens with zero attached hydrogens (tertiary/aromatic N) is 4. The normalized spacial score (nSPS) is 11.5. The zero-order valence-electron chi connectivity index (χ0n) is 18.0. The molecule has 2 N–H and O–H groups in total. The number of H-pyrrole nitrogens is 1. The molecule has 0 saturated heterocycles. The fourth-order valence-electron chi connectivity index (χ4n) is 3.51. The third-order valence-electron chi connectivity index (χ3n) is 5.22. The first kappa shape index (κ1) is 21.0. The first-order chi connectivity index (χ1) is 15.1. The Morgan fingerprint density at radius 3 is 2.65 bits per heavy atom. The Labute approximate surface area is 182 Å².